The van der Waals surface area contributed by atoms with E-state index in [0.717, 1.165) is 6.42 Å². The van der Waals surface area contributed by atoms with Gasteiger partial charge in [-0.3, -0.25) is 4.79 Å². The van der Waals surface area contributed by atoms with Gasteiger partial charge in [-0.15, -0.1) is 0 Å². The molecule has 0 bridgehead atoms. The van der Waals surface area contributed by atoms with E-state index in [-0.39, 0.29) is 5.91 Å². The smallest absolute Gasteiger partial charge is 0.258 e. The molecular formula is C19H23NO3. The van der Waals surface area contributed by atoms with Crippen molar-refractivity contribution in [3.05, 3.63) is 59.7 Å². The summed E-state index contributed by atoms with van der Waals surface area (Å²) in [5.41, 5.74) is 1.70. The summed E-state index contributed by atoms with van der Waals surface area (Å²) in [6, 6.07) is 15.6. The Morgan fingerprint density at radius 1 is 1.00 bits per heavy atom. The maximum Gasteiger partial charge on any atom is 0.258 e. The molecule has 1 atom stereocenters. The van der Waals surface area contributed by atoms with Crippen LogP contribution in [0.25, 0.3) is 0 Å². The van der Waals surface area contributed by atoms with Gasteiger partial charge < -0.3 is 14.8 Å². The van der Waals surface area contributed by atoms with E-state index in [0.29, 0.717) is 29.5 Å². The lowest BCUT2D eigenvalue weighted by Gasteiger charge is -2.16. The number of nitrogens with one attached hydrogen (secondary N) is 1. The van der Waals surface area contributed by atoms with Crippen molar-refractivity contribution in [1.29, 1.82) is 0 Å². The Kier molecular flexibility index (Phi) is 6.03. The van der Waals surface area contributed by atoms with Crippen molar-refractivity contribution >= 4 is 5.91 Å². The molecule has 0 aliphatic heterocycles. The number of carbonyl (C=O) groups is 1. The molecule has 4 heteroatoms. The second kappa shape index (κ2) is 8.22. The predicted octanol–water partition coefficient (Wildman–Crippen LogP) is 3.31. The molecule has 0 fully saturated rings. The molecule has 2 aromatic carbocycles. The number of carbonyl (C=O) groups excluding carboxylic acids is 1. The SMILES string of the molecule is COc1cccc(OC)c1C(=O)NCC(C)Cc1ccccc1. The number of methoxy groups -OCH3 is 2. The maximum absolute atomic E-state index is 12.5. The maximum atomic E-state index is 12.5. The molecule has 0 aliphatic carbocycles. The first-order valence-corrected chi connectivity index (χ1v) is 7.68. The number of hydrogen-bond donors (Lipinski definition) is 1. The highest BCUT2D eigenvalue weighted by atomic mass is 16.5. The third kappa shape index (κ3) is 4.49. The molecule has 0 spiro atoms. The molecule has 2 aromatic rings. The van der Waals surface area contributed by atoms with Crippen LogP contribution < -0.4 is 14.8 Å². The first-order valence-electron chi connectivity index (χ1n) is 7.68. The zero-order valence-electron chi connectivity index (χ0n) is 13.8. The van der Waals surface area contributed by atoms with Gasteiger partial charge in [0.1, 0.15) is 17.1 Å². The highest BCUT2D eigenvalue weighted by Crippen LogP contribution is 2.27. The zero-order chi connectivity index (χ0) is 16.7. The Balaban J connectivity index is 2.00. The number of ether oxygens (including phenoxy) is 2. The van der Waals surface area contributed by atoms with Crippen LogP contribution in [0, 0.1) is 5.92 Å². The van der Waals surface area contributed by atoms with Gasteiger partial charge in [-0.1, -0.05) is 43.3 Å². The molecule has 1 N–H and O–H groups in total. The van der Waals surface area contributed by atoms with Crippen LogP contribution in [-0.2, 0) is 6.42 Å². The molecule has 23 heavy (non-hydrogen) atoms. The topological polar surface area (TPSA) is 47.6 Å². The second-order valence-corrected chi connectivity index (χ2v) is 5.54. The molecule has 0 saturated heterocycles. The van der Waals surface area contributed by atoms with Crippen LogP contribution in [0.4, 0.5) is 0 Å². The van der Waals surface area contributed by atoms with Crippen LogP contribution in [0.1, 0.15) is 22.8 Å². The highest BCUT2D eigenvalue weighted by Gasteiger charge is 2.18. The third-order valence-corrected chi connectivity index (χ3v) is 3.69. The molecule has 2 rings (SSSR count). The van der Waals surface area contributed by atoms with Gasteiger partial charge in [0.2, 0.25) is 0 Å². The molecule has 4 nitrogen and oxygen atoms in total. The van der Waals surface area contributed by atoms with E-state index in [2.05, 4.69) is 24.4 Å². The number of benzene rings is 2. The predicted molar refractivity (Wildman–Crippen MR) is 91.2 cm³/mol. The van der Waals surface area contributed by atoms with Crippen LogP contribution in [0.2, 0.25) is 0 Å². The molecule has 0 aromatic heterocycles. The molecule has 1 amide bonds. The van der Waals surface area contributed by atoms with Crippen LogP contribution >= 0.6 is 0 Å². The Morgan fingerprint density at radius 3 is 2.17 bits per heavy atom. The number of rotatable bonds is 7. The van der Waals surface area contributed by atoms with Crippen LogP contribution in [0.5, 0.6) is 11.5 Å². The van der Waals surface area contributed by atoms with Gasteiger partial charge in [-0.2, -0.15) is 0 Å². The normalized spacial score (nSPS) is 11.6. The van der Waals surface area contributed by atoms with E-state index < -0.39 is 0 Å². The van der Waals surface area contributed by atoms with Gasteiger partial charge in [0.15, 0.2) is 0 Å². The van der Waals surface area contributed by atoms with E-state index in [4.69, 9.17) is 9.47 Å². The summed E-state index contributed by atoms with van der Waals surface area (Å²) < 4.78 is 10.5. The van der Waals surface area contributed by atoms with Crippen molar-refractivity contribution in [3.8, 4) is 11.5 Å². The van der Waals surface area contributed by atoms with Gasteiger partial charge in [-0.05, 0) is 30.0 Å². The summed E-state index contributed by atoms with van der Waals surface area (Å²) in [7, 11) is 3.09. The third-order valence-electron chi connectivity index (χ3n) is 3.69. The quantitative estimate of drug-likeness (QED) is 0.853. The second-order valence-electron chi connectivity index (χ2n) is 5.54. The van der Waals surface area contributed by atoms with Gasteiger partial charge in [0.25, 0.3) is 5.91 Å². The summed E-state index contributed by atoms with van der Waals surface area (Å²) in [5.74, 6) is 1.18. The average Bonchev–Trinajstić information content (AvgIpc) is 2.59. The molecule has 0 saturated carbocycles. The van der Waals surface area contributed by atoms with Crippen molar-refractivity contribution in [3.63, 3.8) is 0 Å². The van der Waals surface area contributed by atoms with E-state index >= 15 is 0 Å². The Hall–Kier alpha value is -2.49. The van der Waals surface area contributed by atoms with E-state index in [9.17, 15) is 4.79 Å². The Morgan fingerprint density at radius 2 is 1.61 bits per heavy atom. The fourth-order valence-electron chi connectivity index (χ4n) is 2.52. The minimum Gasteiger partial charge on any atom is -0.496 e. The van der Waals surface area contributed by atoms with Crippen molar-refractivity contribution in [2.75, 3.05) is 20.8 Å². The molecule has 1 unspecified atom stereocenters. The average molecular weight is 313 g/mol. The first-order chi connectivity index (χ1) is 11.2. The van der Waals surface area contributed by atoms with Gasteiger partial charge in [0, 0.05) is 6.54 Å². The lowest BCUT2D eigenvalue weighted by molar-refractivity contribution is 0.0941. The fourth-order valence-corrected chi connectivity index (χ4v) is 2.52. The summed E-state index contributed by atoms with van der Waals surface area (Å²) in [6.07, 6.45) is 0.921. The van der Waals surface area contributed by atoms with Crippen molar-refractivity contribution in [1.82, 2.24) is 5.32 Å². The lowest BCUT2D eigenvalue weighted by atomic mass is 10.0. The molecule has 0 heterocycles. The standard InChI is InChI=1S/C19H23NO3/c1-14(12-15-8-5-4-6-9-15)13-20-19(21)18-16(22-2)10-7-11-17(18)23-3/h4-11,14H,12-13H2,1-3H3,(H,20,21). The molecule has 0 radical (unpaired) electrons. The van der Waals surface area contributed by atoms with E-state index in [1.165, 1.54) is 5.56 Å². The highest BCUT2D eigenvalue weighted by molar-refractivity contribution is 5.99. The molecule has 0 aliphatic rings. The Labute approximate surface area is 137 Å². The minimum atomic E-state index is -0.181. The largest absolute Gasteiger partial charge is 0.496 e. The van der Waals surface area contributed by atoms with Crippen molar-refractivity contribution in [2.45, 2.75) is 13.3 Å². The van der Waals surface area contributed by atoms with Crippen molar-refractivity contribution in [2.24, 2.45) is 5.92 Å². The Bertz CT molecular complexity index is 618. The van der Waals surface area contributed by atoms with Gasteiger partial charge >= 0.3 is 0 Å². The minimum absolute atomic E-state index is 0.181. The van der Waals surface area contributed by atoms with E-state index in [1.54, 1.807) is 32.4 Å². The van der Waals surface area contributed by atoms with Crippen LogP contribution in [0.3, 0.4) is 0 Å². The zero-order valence-corrected chi connectivity index (χ0v) is 13.8. The summed E-state index contributed by atoms with van der Waals surface area (Å²) in [6.45, 7) is 2.71. The number of hydrogen-bond acceptors (Lipinski definition) is 3. The van der Waals surface area contributed by atoms with Gasteiger partial charge in [0.05, 0.1) is 14.2 Å². The van der Waals surface area contributed by atoms with E-state index in [1.807, 2.05) is 18.2 Å². The summed E-state index contributed by atoms with van der Waals surface area (Å²) in [4.78, 5) is 12.5. The molecule has 122 valence electrons. The number of amides is 1. The van der Waals surface area contributed by atoms with Crippen molar-refractivity contribution < 1.29 is 14.3 Å². The monoisotopic (exact) mass is 313 g/mol. The summed E-state index contributed by atoms with van der Waals surface area (Å²) >= 11 is 0. The lowest BCUT2D eigenvalue weighted by Crippen LogP contribution is -2.29. The fraction of sp³-hybridized carbons (Fsp3) is 0.316. The van der Waals surface area contributed by atoms with Crippen LogP contribution in [0.15, 0.2) is 48.5 Å². The summed E-state index contributed by atoms with van der Waals surface area (Å²) in [5, 5.41) is 2.97. The van der Waals surface area contributed by atoms with Gasteiger partial charge in [-0.25, -0.2) is 0 Å². The van der Waals surface area contributed by atoms with Crippen LogP contribution in [-0.4, -0.2) is 26.7 Å². The first kappa shape index (κ1) is 16.9. The molecular weight excluding hydrogens is 290 g/mol.